The number of hydrogen-bond donors (Lipinski definition) is 0. The zero-order valence-corrected chi connectivity index (χ0v) is 13.9. The Morgan fingerprint density at radius 3 is 2.10 bits per heavy atom. The number of rotatable bonds is 9. The SMILES string of the molecule is CCOP(=O)(OCC)OC(=O)/C=C(\C)CCC=C(C)C. The lowest BCUT2D eigenvalue weighted by atomic mass is 10.1. The topological polar surface area (TPSA) is 61.8 Å². The molecule has 0 N–H and O–H groups in total. The van der Waals surface area contributed by atoms with Crippen molar-refractivity contribution in [1.29, 1.82) is 0 Å². The van der Waals surface area contributed by atoms with E-state index >= 15 is 0 Å². The lowest BCUT2D eigenvalue weighted by Crippen LogP contribution is -2.05. The summed E-state index contributed by atoms with van der Waals surface area (Å²) in [5.74, 6) is -0.704. The van der Waals surface area contributed by atoms with Crippen LogP contribution in [0.3, 0.4) is 0 Å². The maximum absolute atomic E-state index is 12.0. The Bertz CT molecular complexity index is 398. The number of phosphoric ester groups is 1. The molecule has 0 atom stereocenters. The molecule has 5 nitrogen and oxygen atoms in total. The molecule has 0 amide bonds. The molecule has 0 heterocycles. The molecule has 0 saturated heterocycles. The largest absolute Gasteiger partial charge is 0.532 e. The Morgan fingerprint density at radius 2 is 1.65 bits per heavy atom. The van der Waals surface area contributed by atoms with Crippen LogP contribution in [0.1, 0.15) is 47.5 Å². The first-order chi connectivity index (χ1) is 9.33. The van der Waals surface area contributed by atoms with Crippen LogP contribution in [0.25, 0.3) is 0 Å². The normalized spacial score (nSPS) is 12.2. The number of carbonyl (C=O) groups excluding carboxylic acids is 1. The predicted molar refractivity (Wildman–Crippen MR) is 79.4 cm³/mol. The quantitative estimate of drug-likeness (QED) is 0.359. The van der Waals surface area contributed by atoms with Crippen LogP contribution < -0.4 is 0 Å². The van der Waals surface area contributed by atoms with Crippen molar-refractivity contribution >= 4 is 13.8 Å². The van der Waals surface area contributed by atoms with E-state index in [-0.39, 0.29) is 13.2 Å². The second-order valence-corrected chi connectivity index (χ2v) is 6.10. The van der Waals surface area contributed by atoms with Gasteiger partial charge in [-0.25, -0.2) is 9.36 Å². The van der Waals surface area contributed by atoms with Gasteiger partial charge in [0.2, 0.25) is 0 Å². The molecule has 0 aromatic rings. The molecule has 0 unspecified atom stereocenters. The summed E-state index contributed by atoms with van der Waals surface area (Å²) in [6, 6.07) is 0. The molecular formula is C14H25O5P. The van der Waals surface area contributed by atoms with E-state index in [4.69, 9.17) is 13.6 Å². The summed E-state index contributed by atoms with van der Waals surface area (Å²) in [6.07, 6.45) is 5.01. The van der Waals surface area contributed by atoms with E-state index in [0.717, 1.165) is 18.4 Å². The van der Waals surface area contributed by atoms with Crippen molar-refractivity contribution in [2.45, 2.75) is 47.5 Å². The molecular weight excluding hydrogens is 279 g/mol. The van der Waals surface area contributed by atoms with Crippen LogP contribution in [0, 0.1) is 0 Å². The van der Waals surface area contributed by atoms with Gasteiger partial charge in [0.05, 0.1) is 13.2 Å². The summed E-state index contributed by atoms with van der Waals surface area (Å²) in [5, 5.41) is 0. The van der Waals surface area contributed by atoms with Gasteiger partial charge < -0.3 is 4.52 Å². The van der Waals surface area contributed by atoms with Crippen LogP contribution in [0.15, 0.2) is 23.3 Å². The molecule has 0 rings (SSSR count). The molecule has 0 saturated carbocycles. The maximum atomic E-state index is 12.0. The lowest BCUT2D eigenvalue weighted by molar-refractivity contribution is -0.130. The van der Waals surface area contributed by atoms with Crippen molar-refractivity contribution in [3.8, 4) is 0 Å². The van der Waals surface area contributed by atoms with Crippen LogP contribution in [-0.2, 0) is 22.9 Å². The summed E-state index contributed by atoms with van der Waals surface area (Å²) in [5.41, 5.74) is 2.09. The third-order valence-electron chi connectivity index (χ3n) is 2.23. The minimum atomic E-state index is -3.78. The van der Waals surface area contributed by atoms with E-state index in [1.807, 2.05) is 20.8 Å². The molecule has 0 spiro atoms. The van der Waals surface area contributed by atoms with E-state index in [9.17, 15) is 9.36 Å². The van der Waals surface area contributed by atoms with Crippen molar-refractivity contribution in [2.24, 2.45) is 0 Å². The molecule has 20 heavy (non-hydrogen) atoms. The number of carbonyl (C=O) groups is 1. The van der Waals surface area contributed by atoms with Gasteiger partial charge in [-0.15, -0.1) is 0 Å². The summed E-state index contributed by atoms with van der Waals surface area (Å²) in [7, 11) is -3.78. The molecule has 0 radical (unpaired) electrons. The Hall–Kier alpha value is -0.900. The van der Waals surface area contributed by atoms with Crippen LogP contribution in [-0.4, -0.2) is 19.2 Å². The van der Waals surface area contributed by atoms with Crippen LogP contribution in [0.2, 0.25) is 0 Å². The van der Waals surface area contributed by atoms with Gasteiger partial charge in [0, 0.05) is 6.08 Å². The number of phosphoric acid groups is 1. The van der Waals surface area contributed by atoms with E-state index in [2.05, 4.69) is 6.08 Å². The van der Waals surface area contributed by atoms with Crippen molar-refractivity contribution in [1.82, 2.24) is 0 Å². The maximum Gasteiger partial charge on any atom is 0.532 e. The standard InChI is InChI=1S/C14H25O5P/c1-6-17-20(16,18-7-2)19-14(15)11-13(5)10-8-9-12(3)4/h9,11H,6-8,10H2,1-5H3/b13-11+. The fraction of sp³-hybridized carbons (Fsp3) is 0.643. The van der Waals surface area contributed by atoms with Crippen LogP contribution in [0.4, 0.5) is 0 Å². The summed E-state index contributed by atoms with van der Waals surface area (Å²) >= 11 is 0. The van der Waals surface area contributed by atoms with Gasteiger partial charge in [-0.05, 0) is 47.5 Å². The Labute approximate surface area is 121 Å². The molecule has 6 heteroatoms. The van der Waals surface area contributed by atoms with E-state index in [1.54, 1.807) is 13.8 Å². The molecule has 0 aromatic carbocycles. The van der Waals surface area contributed by atoms with Gasteiger partial charge in [-0.1, -0.05) is 17.2 Å². The summed E-state index contributed by atoms with van der Waals surface area (Å²) in [4.78, 5) is 11.7. The average molecular weight is 304 g/mol. The first-order valence-electron chi connectivity index (χ1n) is 6.76. The van der Waals surface area contributed by atoms with Crippen molar-refractivity contribution in [3.63, 3.8) is 0 Å². The molecule has 0 fully saturated rings. The summed E-state index contributed by atoms with van der Waals surface area (Å²) in [6.45, 7) is 9.47. The average Bonchev–Trinajstić information content (AvgIpc) is 2.27. The Kier molecular flexibility index (Phi) is 9.47. The highest BCUT2D eigenvalue weighted by molar-refractivity contribution is 7.49. The van der Waals surface area contributed by atoms with Gasteiger partial charge >= 0.3 is 13.8 Å². The lowest BCUT2D eigenvalue weighted by Gasteiger charge is -2.14. The Morgan fingerprint density at radius 1 is 1.10 bits per heavy atom. The first-order valence-corrected chi connectivity index (χ1v) is 8.22. The zero-order valence-electron chi connectivity index (χ0n) is 13.0. The highest BCUT2D eigenvalue weighted by Gasteiger charge is 2.29. The third-order valence-corrected chi connectivity index (χ3v) is 3.78. The van der Waals surface area contributed by atoms with Gasteiger partial charge in [0.1, 0.15) is 0 Å². The Balaban J connectivity index is 4.50. The second-order valence-electron chi connectivity index (χ2n) is 4.50. The predicted octanol–water partition coefficient (Wildman–Crippen LogP) is 4.40. The monoisotopic (exact) mass is 304 g/mol. The minimum Gasteiger partial charge on any atom is -0.367 e. The number of hydrogen-bond acceptors (Lipinski definition) is 5. The van der Waals surface area contributed by atoms with E-state index < -0.39 is 13.8 Å². The highest BCUT2D eigenvalue weighted by Crippen LogP contribution is 2.49. The molecule has 0 aliphatic rings. The molecule has 0 aromatic heterocycles. The fourth-order valence-electron chi connectivity index (χ4n) is 1.40. The highest BCUT2D eigenvalue weighted by atomic mass is 31.2. The summed E-state index contributed by atoms with van der Waals surface area (Å²) < 4.78 is 26.6. The fourth-order valence-corrected chi connectivity index (χ4v) is 2.49. The smallest absolute Gasteiger partial charge is 0.367 e. The number of allylic oxidation sites excluding steroid dienone is 3. The van der Waals surface area contributed by atoms with Crippen LogP contribution in [0.5, 0.6) is 0 Å². The van der Waals surface area contributed by atoms with Crippen molar-refractivity contribution in [2.75, 3.05) is 13.2 Å². The molecule has 0 aliphatic heterocycles. The van der Waals surface area contributed by atoms with Gasteiger partial charge in [0.15, 0.2) is 0 Å². The molecule has 0 bridgehead atoms. The van der Waals surface area contributed by atoms with E-state index in [0.29, 0.717) is 0 Å². The van der Waals surface area contributed by atoms with Crippen molar-refractivity contribution in [3.05, 3.63) is 23.3 Å². The van der Waals surface area contributed by atoms with Crippen molar-refractivity contribution < 1.29 is 22.9 Å². The third kappa shape index (κ3) is 9.08. The van der Waals surface area contributed by atoms with Crippen LogP contribution >= 0.6 is 7.82 Å². The molecule has 0 aliphatic carbocycles. The second kappa shape index (κ2) is 9.92. The van der Waals surface area contributed by atoms with E-state index in [1.165, 1.54) is 11.6 Å². The first kappa shape index (κ1) is 19.1. The van der Waals surface area contributed by atoms with Gasteiger partial charge in [-0.2, -0.15) is 0 Å². The molecule has 116 valence electrons. The van der Waals surface area contributed by atoms with Gasteiger partial charge in [-0.3, -0.25) is 9.05 Å². The zero-order chi connectivity index (χ0) is 15.6. The minimum absolute atomic E-state index is 0.147. The van der Waals surface area contributed by atoms with Gasteiger partial charge in [0.25, 0.3) is 0 Å².